The Morgan fingerprint density at radius 1 is 0.465 bits per heavy atom. The summed E-state index contributed by atoms with van der Waals surface area (Å²) < 4.78 is 14.9. The summed E-state index contributed by atoms with van der Waals surface area (Å²) in [7, 11) is 0. The fourth-order valence-corrected chi connectivity index (χ4v) is 6.64. The third kappa shape index (κ3) is 3.16. The fourth-order valence-electron chi connectivity index (χ4n) is 6.64. The second-order valence-electron chi connectivity index (χ2n) is 11.0. The van der Waals surface area contributed by atoms with Crippen molar-refractivity contribution in [3.8, 4) is 17.2 Å². The van der Waals surface area contributed by atoms with Gasteiger partial charge in [-0.3, -0.25) is 4.57 Å². The smallest absolute Gasteiger partial charge is 0.233 e. The Hall–Kier alpha value is -5.94. The molecule has 0 spiro atoms. The van der Waals surface area contributed by atoms with Gasteiger partial charge in [0.2, 0.25) is 5.71 Å². The molecule has 4 aromatic heterocycles. The van der Waals surface area contributed by atoms with Crippen LogP contribution in [-0.2, 0) is 0 Å². The predicted octanol–water partition coefficient (Wildman–Crippen LogP) is 10.2. The monoisotopic (exact) mass is 551 g/mol. The zero-order valence-electron chi connectivity index (χ0n) is 22.8. The minimum Gasteiger partial charge on any atom is -0.456 e. The van der Waals surface area contributed by atoms with Gasteiger partial charge in [-0.25, -0.2) is 4.98 Å². The van der Waals surface area contributed by atoms with E-state index in [1.165, 1.54) is 21.5 Å². The molecule has 0 amide bonds. The molecular formula is C38H21N3O2. The maximum atomic E-state index is 6.40. The van der Waals surface area contributed by atoms with Crippen molar-refractivity contribution in [2.24, 2.45) is 0 Å². The van der Waals surface area contributed by atoms with Gasteiger partial charge in [0.1, 0.15) is 16.7 Å². The van der Waals surface area contributed by atoms with Crippen molar-refractivity contribution in [1.82, 2.24) is 14.5 Å². The Balaban J connectivity index is 1.34. The van der Waals surface area contributed by atoms with Gasteiger partial charge >= 0.3 is 0 Å². The second kappa shape index (κ2) is 8.30. The summed E-state index contributed by atoms with van der Waals surface area (Å²) in [6.45, 7) is 0. The van der Waals surface area contributed by atoms with E-state index in [2.05, 4.69) is 89.5 Å². The highest BCUT2D eigenvalue weighted by Gasteiger charge is 2.22. The second-order valence-corrected chi connectivity index (χ2v) is 11.0. The summed E-state index contributed by atoms with van der Waals surface area (Å²) in [4.78, 5) is 10.3. The summed E-state index contributed by atoms with van der Waals surface area (Å²) in [5.74, 6) is 1.37. The van der Waals surface area contributed by atoms with Gasteiger partial charge in [-0.15, -0.1) is 0 Å². The minimum atomic E-state index is 0.553. The molecule has 5 heteroatoms. The number of para-hydroxylation sites is 3. The molecule has 0 saturated carbocycles. The first-order valence-electron chi connectivity index (χ1n) is 14.3. The van der Waals surface area contributed by atoms with E-state index in [0.29, 0.717) is 11.5 Å². The van der Waals surface area contributed by atoms with Crippen LogP contribution in [0.15, 0.2) is 136 Å². The topological polar surface area (TPSA) is 57.0 Å². The lowest BCUT2D eigenvalue weighted by Crippen LogP contribution is -2.02. The van der Waals surface area contributed by atoms with Crippen LogP contribution < -0.4 is 0 Å². The van der Waals surface area contributed by atoms with Gasteiger partial charge in [0.05, 0.1) is 16.4 Å². The first-order valence-corrected chi connectivity index (χ1v) is 14.3. The van der Waals surface area contributed by atoms with Gasteiger partial charge in [-0.2, -0.15) is 4.98 Å². The minimum absolute atomic E-state index is 0.553. The number of fused-ring (bicyclic) bond motifs is 10. The molecular weight excluding hydrogens is 530 g/mol. The number of rotatable bonds is 2. The van der Waals surface area contributed by atoms with Crippen LogP contribution >= 0.6 is 0 Å². The highest BCUT2D eigenvalue weighted by molar-refractivity contribution is 6.16. The van der Waals surface area contributed by atoms with Crippen LogP contribution in [0.25, 0.3) is 93.8 Å². The normalized spacial score (nSPS) is 12.2. The van der Waals surface area contributed by atoms with Crippen LogP contribution in [-0.4, -0.2) is 14.5 Å². The predicted molar refractivity (Wildman–Crippen MR) is 174 cm³/mol. The highest BCUT2D eigenvalue weighted by atomic mass is 16.3. The largest absolute Gasteiger partial charge is 0.456 e. The van der Waals surface area contributed by atoms with Gasteiger partial charge in [0.25, 0.3) is 0 Å². The molecule has 200 valence electrons. The maximum Gasteiger partial charge on any atom is 0.233 e. The average molecular weight is 552 g/mol. The van der Waals surface area contributed by atoms with Crippen LogP contribution in [0.1, 0.15) is 0 Å². The molecule has 10 aromatic rings. The summed E-state index contributed by atoms with van der Waals surface area (Å²) in [6.07, 6.45) is 0. The molecule has 4 heterocycles. The molecule has 0 aliphatic rings. The van der Waals surface area contributed by atoms with Gasteiger partial charge in [-0.05, 0) is 53.2 Å². The zero-order chi connectivity index (χ0) is 28.1. The number of nitrogens with zero attached hydrogens (tertiary/aromatic N) is 3. The van der Waals surface area contributed by atoms with Crippen molar-refractivity contribution in [1.29, 1.82) is 0 Å². The molecule has 6 aromatic carbocycles. The van der Waals surface area contributed by atoms with E-state index < -0.39 is 0 Å². The van der Waals surface area contributed by atoms with E-state index in [0.717, 1.165) is 60.7 Å². The SMILES string of the molecule is c1ccc2cc3c(cc2c1)c1ccccc1n3-c1nc(-c2ccc3c(c2)oc2ccccc23)nc2oc3ccccc3c12. The standard InChI is InChI=1S/C38H21N3O2/c1-2-10-23-20-31-29(19-22(23)9-1)25-11-3-6-14-30(25)41(31)37-35-28-13-5-8-16-33(28)43-38(35)40-36(39-37)24-17-18-27-26-12-4-7-15-32(26)42-34(27)21-24/h1-21H. The quantitative estimate of drug-likeness (QED) is 0.214. The average Bonchev–Trinajstić information content (AvgIpc) is 3.72. The molecule has 0 aliphatic heterocycles. The van der Waals surface area contributed by atoms with Crippen LogP contribution in [0.3, 0.4) is 0 Å². The number of hydrogen-bond acceptors (Lipinski definition) is 4. The third-order valence-electron chi connectivity index (χ3n) is 8.61. The van der Waals surface area contributed by atoms with Gasteiger partial charge < -0.3 is 8.83 Å². The Bertz CT molecular complexity index is 2750. The molecule has 0 aliphatic carbocycles. The zero-order valence-corrected chi connectivity index (χ0v) is 22.8. The molecule has 0 atom stereocenters. The number of benzene rings is 6. The van der Waals surface area contributed by atoms with E-state index in [-0.39, 0.29) is 0 Å². The van der Waals surface area contributed by atoms with Crippen molar-refractivity contribution in [2.45, 2.75) is 0 Å². The van der Waals surface area contributed by atoms with Crippen molar-refractivity contribution < 1.29 is 8.83 Å². The molecule has 43 heavy (non-hydrogen) atoms. The highest BCUT2D eigenvalue weighted by Crippen LogP contribution is 2.40. The molecule has 0 saturated heterocycles. The molecule has 0 N–H and O–H groups in total. The molecule has 0 fully saturated rings. The van der Waals surface area contributed by atoms with E-state index in [1.807, 2.05) is 42.5 Å². The van der Waals surface area contributed by atoms with Crippen LogP contribution in [0, 0.1) is 0 Å². The van der Waals surface area contributed by atoms with Crippen molar-refractivity contribution in [2.75, 3.05) is 0 Å². The summed E-state index contributed by atoms with van der Waals surface area (Å²) in [6, 6.07) is 44.0. The van der Waals surface area contributed by atoms with E-state index >= 15 is 0 Å². The Kier molecular flexibility index (Phi) is 4.39. The van der Waals surface area contributed by atoms with E-state index in [4.69, 9.17) is 18.8 Å². The Morgan fingerprint density at radius 3 is 2.00 bits per heavy atom. The van der Waals surface area contributed by atoms with Crippen molar-refractivity contribution in [3.05, 3.63) is 127 Å². The van der Waals surface area contributed by atoms with Crippen molar-refractivity contribution in [3.63, 3.8) is 0 Å². The van der Waals surface area contributed by atoms with Crippen LogP contribution in [0.2, 0.25) is 0 Å². The van der Waals surface area contributed by atoms with Gasteiger partial charge in [0, 0.05) is 32.5 Å². The lowest BCUT2D eigenvalue weighted by Gasteiger charge is -2.11. The lowest BCUT2D eigenvalue weighted by atomic mass is 10.1. The van der Waals surface area contributed by atoms with Gasteiger partial charge in [0.15, 0.2) is 11.6 Å². The fraction of sp³-hybridized carbons (Fsp3) is 0. The van der Waals surface area contributed by atoms with E-state index in [1.54, 1.807) is 0 Å². The first kappa shape index (κ1) is 22.7. The maximum absolute atomic E-state index is 6.40. The first-order chi connectivity index (χ1) is 21.3. The summed E-state index contributed by atoms with van der Waals surface area (Å²) in [5.41, 5.74) is 6.03. The Labute approximate surface area is 244 Å². The summed E-state index contributed by atoms with van der Waals surface area (Å²) in [5, 5.41) is 8.77. The number of aromatic nitrogens is 3. The Morgan fingerprint density at radius 2 is 1.14 bits per heavy atom. The number of hydrogen-bond donors (Lipinski definition) is 0. The molecule has 0 radical (unpaired) electrons. The van der Waals surface area contributed by atoms with Crippen LogP contribution in [0.5, 0.6) is 0 Å². The summed E-state index contributed by atoms with van der Waals surface area (Å²) >= 11 is 0. The molecule has 0 unspecified atom stereocenters. The molecule has 10 rings (SSSR count). The number of furan rings is 2. The van der Waals surface area contributed by atoms with Crippen molar-refractivity contribution >= 4 is 76.6 Å². The van der Waals surface area contributed by atoms with Gasteiger partial charge in [-0.1, -0.05) is 84.9 Å². The lowest BCUT2D eigenvalue weighted by molar-refractivity contribution is 0.653. The molecule has 0 bridgehead atoms. The van der Waals surface area contributed by atoms with E-state index in [9.17, 15) is 0 Å². The van der Waals surface area contributed by atoms with Crippen LogP contribution in [0.4, 0.5) is 0 Å². The molecule has 5 nitrogen and oxygen atoms in total. The third-order valence-corrected chi connectivity index (χ3v) is 8.61.